The third-order valence-electron chi connectivity index (χ3n) is 1.52. The summed E-state index contributed by atoms with van der Waals surface area (Å²) in [5, 5.41) is -0.190. The lowest BCUT2D eigenvalue weighted by atomic mass is 10.1. The molecule has 0 saturated heterocycles. The maximum atomic E-state index is 13.1. The van der Waals surface area contributed by atoms with Crippen LogP contribution in [0.1, 0.15) is 10.4 Å². The Labute approximate surface area is 88.0 Å². The lowest BCUT2D eigenvalue weighted by Crippen LogP contribution is -2.14. The predicted octanol–water partition coefficient (Wildman–Crippen LogP) is 2.38. The van der Waals surface area contributed by atoms with Gasteiger partial charge in [-0.15, -0.1) is 0 Å². The van der Waals surface area contributed by atoms with Gasteiger partial charge in [-0.25, -0.2) is 4.39 Å². The molecule has 0 amide bonds. The quantitative estimate of drug-likeness (QED) is 0.660. The number of hydrogen-bond acceptors (Lipinski definition) is 2. The van der Waals surface area contributed by atoms with Gasteiger partial charge in [0, 0.05) is 5.56 Å². The number of carbonyl (C=O) groups excluding carboxylic acids is 1. The van der Waals surface area contributed by atoms with E-state index in [1.165, 1.54) is 12.1 Å². The minimum atomic E-state index is -0.638. The highest BCUT2D eigenvalue weighted by Crippen LogP contribution is 2.26. The average molecular weight is 266 g/mol. The molecular weight excluding hydrogens is 260 g/mol. The van der Waals surface area contributed by atoms with Gasteiger partial charge in [-0.3, -0.25) is 4.79 Å². The van der Waals surface area contributed by atoms with Crippen molar-refractivity contribution in [2.24, 2.45) is 5.73 Å². The van der Waals surface area contributed by atoms with Crippen LogP contribution >= 0.6 is 27.5 Å². The first kappa shape index (κ1) is 10.6. The van der Waals surface area contributed by atoms with E-state index in [-0.39, 0.29) is 27.4 Å². The van der Waals surface area contributed by atoms with E-state index in [1.807, 2.05) is 0 Å². The average Bonchev–Trinajstić information content (AvgIpc) is 2.13. The maximum absolute atomic E-state index is 13.1. The fourth-order valence-corrected chi connectivity index (χ4v) is 1.57. The SMILES string of the molecule is NCC(=O)c1ccc(Br)c(F)c1Cl. The zero-order chi connectivity index (χ0) is 10.0. The van der Waals surface area contributed by atoms with Gasteiger partial charge < -0.3 is 5.73 Å². The second kappa shape index (κ2) is 4.17. The predicted molar refractivity (Wildman–Crippen MR) is 52.5 cm³/mol. The van der Waals surface area contributed by atoms with Crippen molar-refractivity contribution in [3.05, 3.63) is 33.0 Å². The van der Waals surface area contributed by atoms with Gasteiger partial charge in [-0.2, -0.15) is 0 Å². The van der Waals surface area contributed by atoms with Gasteiger partial charge in [0.1, 0.15) is 0 Å². The molecule has 2 nitrogen and oxygen atoms in total. The van der Waals surface area contributed by atoms with Crippen molar-refractivity contribution in [1.82, 2.24) is 0 Å². The highest BCUT2D eigenvalue weighted by Gasteiger charge is 2.14. The van der Waals surface area contributed by atoms with Crippen molar-refractivity contribution in [2.45, 2.75) is 0 Å². The van der Waals surface area contributed by atoms with Crippen molar-refractivity contribution in [3.8, 4) is 0 Å². The Kier molecular flexibility index (Phi) is 3.41. The summed E-state index contributed by atoms with van der Waals surface area (Å²) in [6.07, 6.45) is 0. The lowest BCUT2D eigenvalue weighted by molar-refractivity contribution is 0.100. The largest absolute Gasteiger partial charge is 0.324 e. The van der Waals surface area contributed by atoms with E-state index < -0.39 is 5.82 Å². The number of ketones is 1. The van der Waals surface area contributed by atoms with Gasteiger partial charge in [0.2, 0.25) is 0 Å². The van der Waals surface area contributed by atoms with Crippen LogP contribution in [0.15, 0.2) is 16.6 Å². The summed E-state index contributed by atoms with van der Waals surface area (Å²) in [6.45, 7) is -0.180. The van der Waals surface area contributed by atoms with Gasteiger partial charge in [-0.1, -0.05) is 11.6 Å². The molecule has 0 saturated carbocycles. The molecule has 0 aliphatic rings. The van der Waals surface area contributed by atoms with Crippen LogP contribution in [0.25, 0.3) is 0 Å². The summed E-state index contributed by atoms with van der Waals surface area (Å²) in [6, 6.07) is 2.86. The number of rotatable bonds is 2. The van der Waals surface area contributed by atoms with Crippen LogP contribution in [-0.2, 0) is 0 Å². The monoisotopic (exact) mass is 265 g/mol. The Morgan fingerprint density at radius 2 is 2.23 bits per heavy atom. The molecule has 13 heavy (non-hydrogen) atoms. The molecule has 0 heterocycles. The zero-order valence-corrected chi connectivity index (χ0v) is 8.82. The maximum Gasteiger partial charge on any atom is 0.177 e. The van der Waals surface area contributed by atoms with Gasteiger partial charge in [0.15, 0.2) is 11.6 Å². The molecule has 0 atom stereocenters. The Hall–Kier alpha value is -0.450. The Balaban J connectivity index is 3.26. The summed E-state index contributed by atoms with van der Waals surface area (Å²) in [7, 11) is 0. The van der Waals surface area contributed by atoms with Crippen LogP contribution < -0.4 is 5.73 Å². The van der Waals surface area contributed by atoms with Crippen LogP contribution in [0.3, 0.4) is 0 Å². The molecule has 0 spiro atoms. The molecule has 5 heteroatoms. The lowest BCUT2D eigenvalue weighted by Gasteiger charge is -2.03. The molecule has 2 N–H and O–H groups in total. The Morgan fingerprint density at radius 1 is 1.62 bits per heavy atom. The summed E-state index contributed by atoms with van der Waals surface area (Å²) in [5.41, 5.74) is 5.23. The van der Waals surface area contributed by atoms with E-state index >= 15 is 0 Å². The molecule has 0 fully saturated rings. The zero-order valence-electron chi connectivity index (χ0n) is 6.48. The molecule has 1 rings (SSSR count). The second-order valence-corrected chi connectivity index (χ2v) is 3.58. The van der Waals surface area contributed by atoms with Crippen molar-refractivity contribution in [1.29, 1.82) is 0 Å². The van der Waals surface area contributed by atoms with Crippen molar-refractivity contribution >= 4 is 33.3 Å². The fraction of sp³-hybridized carbons (Fsp3) is 0.125. The highest BCUT2D eigenvalue weighted by molar-refractivity contribution is 9.10. The van der Waals surface area contributed by atoms with E-state index in [1.54, 1.807) is 0 Å². The van der Waals surface area contributed by atoms with E-state index in [4.69, 9.17) is 17.3 Å². The number of benzene rings is 1. The number of hydrogen-bond donors (Lipinski definition) is 1. The number of carbonyl (C=O) groups is 1. The van der Waals surface area contributed by atoms with E-state index in [2.05, 4.69) is 15.9 Å². The number of Topliss-reactive ketones (excluding diaryl/α,β-unsaturated/α-hetero) is 1. The van der Waals surface area contributed by atoms with Crippen molar-refractivity contribution in [2.75, 3.05) is 6.54 Å². The first-order valence-electron chi connectivity index (χ1n) is 3.44. The molecule has 1 aromatic rings. The third-order valence-corrected chi connectivity index (χ3v) is 2.50. The summed E-state index contributed by atoms with van der Waals surface area (Å²) >= 11 is 8.54. The van der Waals surface area contributed by atoms with Gasteiger partial charge in [0.25, 0.3) is 0 Å². The van der Waals surface area contributed by atoms with Crippen LogP contribution in [0.4, 0.5) is 4.39 Å². The van der Waals surface area contributed by atoms with Crippen molar-refractivity contribution < 1.29 is 9.18 Å². The molecule has 1 aromatic carbocycles. The highest BCUT2D eigenvalue weighted by atomic mass is 79.9. The first-order chi connectivity index (χ1) is 6.07. The van der Waals surface area contributed by atoms with Crippen LogP contribution in [0, 0.1) is 5.82 Å². The molecule has 0 aliphatic carbocycles. The second-order valence-electron chi connectivity index (χ2n) is 2.35. The summed E-state index contributed by atoms with van der Waals surface area (Å²) in [5.74, 6) is -1.02. The molecule has 0 aliphatic heterocycles. The molecule has 0 radical (unpaired) electrons. The van der Waals surface area contributed by atoms with Crippen LogP contribution in [0.5, 0.6) is 0 Å². The minimum Gasteiger partial charge on any atom is -0.324 e. The Morgan fingerprint density at radius 3 is 2.77 bits per heavy atom. The van der Waals surface area contributed by atoms with Gasteiger partial charge >= 0.3 is 0 Å². The molecule has 0 unspecified atom stereocenters. The van der Waals surface area contributed by atoms with E-state index in [0.717, 1.165) is 0 Å². The van der Waals surface area contributed by atoms with Gasteiger partial charge in [-0.05, 0) is 28.1 Å². The van der Waals surface area contributed by atoms with Gasteiger partial charge in [0.05, 0.1) is 16.0 Å². The third kappa shape index (κ3) is 2.07. The topological polar surface area (TPSA) is 43.1 Å². The number of nitrogens with two attached hydrogens (primary N) is 1. The summed E-state index contributed by atoms with van der Waals surface area (Å²) < 4.78 is 13.3. The van der Waals surface area contributed by atoms with E-state index in [0.29, 0.717) is 0 Å². The van der Waals surface area contributed by atoms with E-state index in [9.17, 15) is 9.18 Å². The van der Waals surface area contributed by atoms with Crippen LogP contribution in [-0.4, -0.2) is 12.3 Å². The normalized spacial score (nSPS) is 10.2. The standard InChI is InChI=1S/C8H6BrClFNO/c9-5-2-1-4(6(13)3-12)7(10)8(5)11/h1-2H,3,12H2. The molecule has 70 valence electrons. The molecular formula is C8H6BrClFNO. The molecule has 0 bridgehead atoms. The smallest absolute Gasteiger partial charge is 0.177 e. The molecule has 0 aromatic heterocycles. The van der Waals surface area contributed by atoms with Crippen LogP contribution in [0.2, 0.25) is 5.02 Å². The number of halogens is 3. The summed E-state index contributed by atoms with van der Waals surface area (Å²) in [4.78, 5) is 11.1. The first-order valence-corrected chi connectivity index (χ1v) is 4.61. The Bertz CT molecular complexity index is 356. The van der Waals surface area contributed by atoms with Crippen molar-refractivity contribution in [3.63, 3.8) is 0 Å². The minimum absolute atomic E-state index is 0.116. The fourth-order valence-electron chi connectivity index (χ4n) is 0.851.